The fourth-order valence-electron chi connectivity index (χ4n) is 4.89. The molecule has 0 bridgehead atoms. The number of rotatable bonds is 26. The number of hydrogen-bond acceptors (Lipinski definition) is 4. The van der Waals surface area contributed by atoms with Gasteiger partial charge in [0.2, 0.25) is 0 Å². The number of unbranched alkanes of at least 4 members (excludes halogenated alkanes) is 18. The monoisotopic (exact) mass is 530 g/mol. The molecular weight excluding hydrogens is 472 g/mol. The lowest BCUT2D eigenvalue weighted by atomic mass is 10.0. The van der Waals surface area contributed by atoms with Gasteiger partial charge >= 0.3 is 0 Å². The molecule has 0 N–H and O–H groups in total. The molecule has 1 rings (SSSR count). The molecule has 0 aliphatic rings. The Kier molecular flexibility index (Phi) is 20.8. The molecule has 0 spiro atoms. The van der Waals surface area contributed by atoms with E-state index >= 15 is 0 Å². The van der Waals surface area contributed by atoms with E-state index < -0.39 is 0 Å². The van der Waals surface area contributed by atoms with E-state index in [0.717, 1.165) is 25.7 Å². The maximum absolute atomic E-state index is 12.3. The third kappa shape index (κ3) is 16.2. The number of benzene rings is 1. The van der Waals surface area contributed by atoms with Crippen LogP contribution in [-0.2, 0) is 0 Å². The fraction of sp³-hybridized carbons (Fsp3) is 0.765. The van der Waals surface area contributed by atoms with Crippen molar-refractivity contribution in [3.63, 3.8) is 0 Å². The zero-order valence-electron chi connectivity index (χ0n) is 25.3. The molecular formula is C34H58O4. The number of carbonyl (C=O) groups is 2. The number of hydrogen-bond donors (Lipinski definition) is 0. The summed E-state index contributed by atoms with van der Waals surface area (Å²) >= 11 is 0. The Bertz CT molecular complexity index is 691. The van der Waals surface area contributed by atoms with E-state index in [4.69, 9.17) is 9.47 Å². The van der Waals surface area contributed by atoms with Crippen LogP contribution in [0, 0.1) is 0 Å². The molecule has 0 heterocycles. The van der Waals surface area contributed by atoms with Gasteiger partial charge in [0.15, 0.2) is 11.6 Å². The van der Waals surface area contributed by atoms with Crippen LogP contribution in [0.3, 0.4) is 0 Å². The SMILES string of the molecule is CCCCCCCCCCCCOc1cc(C(C)=O)c(OCCCCCCCCCCCC)cc1C(C)=O. The number of Topliss-reactive ketones (excluding diaryl/α,β-unsaturated/α-hetero) is 2. The second kappa shape index (κ2) is 23.1. The van der Waals surface area contributed by atoms with E-state index in [0.29, 0.717) is 35.8 Å². The highest BCUT2D eigenvalue weighted by Crippen LogP contribution is 2.30. The number of carbonyl (C=O) groups excluding carboxylic acids is 2. The van der Waals surface area contributed by atoms with Crippen LogP contribution in [0.2, 0.25) is 0 Å². The van der Waals surface area contributed by atoms with Gasteiger partial charge in [0.1, 0.15) is 11.5 Å². The summed E-state index contributed by atoms with van der Waals surface area (Å²) in [5.41, 5.74) is 1.00. The van der Waals surface area contributed by atoms with Gasteiger partial charge in [-0.1, -0.05) is 129 Å². The summed E-state index contributed by atoms with van der Waals surface area (Å²) in [5, 5.41) is 0. The van der Waals surface area contributed by atoms with Crippen LogP contribution >= 0.6 is 0 Å². The molecule has 0 fully saturated rings. The first-order valence-corrected chi connectivity index (χ1v) is 16.0. The molecule has 4 nitrogen and oxygen atoms in total. The van der Waals surface area contributed by atoms with Crippen LogP contribution < -0.4 is 9.47 Å². The van der Waals surface area contributed by atoms with E-state index in [9.17, 15) is 9.59 Å². The molecule has 0 unspecified atom stereocenters. The normalized spacial score (nSPS) is 11.1. The van der Waals surface area contributed by atoms with E-state index in [-0.39, 0.29) is 11.6 Å². The predicted molar refractivity (Wildman–Crippen MR) is 161 cm³/mol. The Balaban J connectivity index is 2.41. The highest BCUT2D eigenvalue weighted by atomic mass is 16.5. The molecule has 0 radical (unpaired) electrons. The average Bonchev–Trinajstić information content (AvgIpc) is 2.90. The maximum Gasteiger partial charge on any atom is 0.163 e. The lowest BCUT2D eigenvalue weighted by Crippen LogP contribution is -2.09. The first-order valence-electron chi connectivity index (χ1n) is 16.0. The number of ether oxygens (including phenoxy) is 2. The van der Waals surface area contributed by atoms with Gasteiger partial charge in [-0.15, -0.1) is 0 Å². The lowest BCUT2D eigenvalue weighted by molar-refractivity contribution is 0.0994. The van der Waals surface area contributed by atoms with Gasteiger partial charge in [0, 0.05) is 0 Å². The van der Waals surface area contributed by atoms with Crippen LogP contribution in [0.1, 0.15) is 177 Å². The summed E-state index contributed by atoms with van der Waals surface area (Å²) in [4.78, 5) is 24.7. The minimum Gasteiger partial charge on any atom is -0.493 e. The first-order chi connectivity index (χ1) is 18.5. The van der Waals surface area contributed by atoms with E-state index in [1.165, 1.54) is 103 Å². The summed E-state index contributed by atoms with van der Waals surface area (Å²) in [7, 11) is 0. The third-order valence-corrected chi connectivity index (χ3v) is 7.35. The molecule has 0 saturated carbocycles. The Morgan fingerprint density at radius 3 is 1.00 bits per heavy atom. The fourth-order valence-corrected chi connectivity index (χ4v) is 4.89. The minimum atomic E-state index is -0.0676. The molecule has 218 valence electrons. The van der Waals surface area contributed by atoms with Gasteiger partial charge in [-0.05, 0) is 38.8 Å². The second-order valence-corrected chi connectivity index (χ2v) is 11.0. The van der Waals surface area contributed by atoms with Gasteiger partial charge < -0.3 is 9.47 Å². The van der Waals surface area contributed by atoms with Crippen molar-refractivity contribution in [2.45, 2.75) is 156 Å². The Hall–Kier alpha value is -1.84. The smallest absolute Gasteiger partial charge is 0.163 e. The van der Waals surface area contributed by atoms with Crippen molar-refractivity contribution >= 4 is 11.6 Å². The first kappa shape index (κ1) is 34.2. The molecule has 0 aliphatic carbocycles. The van der Waals surface area contributed by atoms with Crippen molar-refractivity contribution < 1.29 is 19.1 Å². The highest BCUT2D eigenvalue weighted by Gasteiger charge is 2.18. The predicted octanol–water partition coefficient (Wildman–Crippen LogP) is 10.7. The lowest BCUT2D eigenvalue weighted by Gasteiger charge is -2.16. The quantitative estimate of drug-likeness (QED) is 0.0882. The summed E-state index contributed by atoms with van der Waals surface area (Å²) in [6.07, 6.45) is 25.3. The maximum atomic E-state index is 12.3. The second-order valence-electron chi connectivity index (χ2n) is 11.0. The molecule has 4 heteroatoms. The highest BCUT2D eigenvalue weighted by molar-refractivity contribution is 6.02. The zero-order chi connectivity index (χ0) is 27.8. The zero-order valence-corrected chi connectivity index (χ0v) is 25.3. The van der Waals surface area contributed by atoms with Gasteiger partial charge in [-0.2, -0.15) is 0 Å². The largest absolute Gasteiger partial charge is 0.493 e. The standard InChI is InChI=1S/C34H58O4/c1-5-7-9-11-13-15-17-19-21-23-25-37-33-27-32(30(4)36)34(28-31(33)29(3)35)38-26-24-22-20-18-16-14-12-10-8-6-2/h27-28H,5-26H2,1-4H3. The summed E-state index contributed by atoms with van der Waals surface area (Å²) < 4.78 is 12.0. The van der Waals surface area contributed by atoms with Gasteiger partial charge in [0.05, 0.1) is 24.3 Å². The third-order valence-electron chi connectivity index (χ3n) is 7.35. The van der Waals surface area contributed by atoms with E-state index in [2.05, 4.69) is 13.8 Å². The summed E-state index contributed by atoms with van der Waals surface area (Å²) in [6.45, 7) is 8.72. The molecule has 0 aliphatic heterocycles. The van der Waals surface area contributed by atoms with Crippen molar-refractivity contribution in [3.05, 3.63) is 23.3 Å². The van der Waals surface area contributed by atoms with Crippen LogP contribution in [0.4, 0.5) is 0 Å². The molecule has 0 atom stereocenters. The van der Waals surface area contributed by atoms with Crippen LogP contribution in [0.15, 0.2) is 12.1 Å². The molecule has 0 amide bonds. The van der Waals surface area contributed by atoms with Crippen LogP contribution in [0.5, 0.6) is 11.5 Å². The van der Waals surface area contributed by atoms with Crippen molar-refractivity contribution in [1.29, 1.82) is 0 Å². The number of ketones is 2. The molecule has 0 aromatic heterocycles. The molecule has 1 aromatic carbocycles. The molecule has 0 saturated heterocycles. The van der Waals surface area contributed by atoms with E-state index in [1.54, 1.807) is 26.0 Å². The Morgan fingerprint density at radius 2 is 0.737 bits per heavy atom. The Labute approximate surface area is 234 Å². The van der Waals surface area contributed by atoms with Crippen molar-refractivity contribution in [1.82, 2.24) is 0 Å². The van der Waals surface area contributed by atoms with Crippen molar-refractivity contribution in [2.24, 2.45) is 0 Å². The molecule has 1 aromatic rings. The van der Waals surface area contributed by atoms with E-state index in [1.807, 2.05) is 0 Å². The minimum absolute atomic E-state index is 0.0676. The van der Waals surface area contributed by atoms with Crippen molar-refractivity contribution in [2.75, 3.05) is 13.2 Å². The van der Waals surface area contributed by atoms with Crippen LogP contribution in [0.25, 0.3) is 0 Å². The topological polar surface area (TPSA) is 52.6 Å². The molecule has 38 heavy (non-hydrogen) atoms. The summed E-state index contributed by atoms with van der Waals surface area (Å²) in [6, 6.07) is 3.42. The van der Waals surface area contributed by atoms with Gasteiger partial charge in [-0.3, -0.25) is 9.59 Å². The van der Waals surface area contributed by atoms with Gasteiger partial charge in [-0.25, -0.2) is 0 Å². The average molecular weight is 531 g/mol. The van der Waals surface area contributed by atoms with Gasteiger partial charge in [0.25, 0.3) is 0 Å². The summed E-state index contributed by atoms with van der Waals surface area (Å²) in [5.74, 6) is 0.874. The Morgan fingerprint density at radius 1 is 0.474 bits per heavy atom. The van der Waals surface area contributed by atoms with Crippen molar-refractivity contribution in [3.8, 4) is 11.5 Å². The van der Waals surface area contributed by atoms with Crippen LogP contribution in [-0.4, -0.2) is 24.8 Å².